The Morgan fingerprint density at radius 2 is 1.57 bits per heavy atom. The molecule has 11 heteroatoms. The summed E-state index contributed by atoms with van der Waals surface area (Å²) in [6, 6.07) is 17.0. The number of carbonyl (C=O) groups excluding carboxylic acids is 2. The Labute approximate surface area is 258 Å². The van der Waals surface area contributed by atoms with Gasteiger partial charge in [0.1, 0.15) is 18.3 Å². The number of para-hydroxylation sites is 2. The van der Waals surface area contributed by atoms with Crippen LogP contribution in [-0.4, -0.2) is 51.4 Å². The third kappa shape index (κ3) is 7.96. The van der Waals surface area contributed by atoms with Crippen LogP contribution in [0.5, 0.6) is 5.75 Å². The van der Waals surface area contributed by atoms with Gasteiger partial charge in [-0.25, -0.2) is 8.42 Å². The monoisotopic (exact) mass is 633 g/mol. The topological polar surface area (TPSA) is 96.0 Å². The van der Waals surface area contributed by atoms with Crippen LogP contribution in [0, 0.1) is 12.8 Å². The summed E-state index contributed by atoms with van der Waals surface area (Å²) in [5.74, 6) is -0.509. The molecule has 0 aliphatic heterocycles. The first-order chi connectivity index (χ1) is 19.9. The fourth-order valence-corrected chi connectivity index (χ4v) is 6.32. The van der Waals surface area contributed by atoms with E-state index in [1.54, 1.807) is 61.5 Å². The van der Waals surface area contributed by atoms with Crippen LogP contribution < -0.4 is 14.4 Å². The number of nitrogens with one attached hydrogen (secondary N) is 1. The van der Waals surface area contributed by atoms with Crippen molar-refractivity contribution >= 4 is 50.7 Å². The van der Waals surface area contributed by atoms with Gasteiger partial charge in [-0.3, -0.25) is 13.9 Å². The molecule has 0 aliphatic rings. The number of hydrogen-bond donors (Lipinski definition) is 1. The third-order valence-corrected chi connectivity index (χ3v) is 9.18. The fraction of sp³-hybridized carbons (Fsp3) is 0.355. The molecule has 3 aromatic rings. The highest BCUT2D eigenvalue weighted by Crippen LogP contribution is 2.33. The van der Waals surface area contributed by atoms with Gasteiger partial charge >= 0.3 is 0 Å². The standard InChI is InChI=1S/C31H37Cl2N3O5S/c1-6-27(31(38)34-18-21(2)3)35(19-24-25(32)10-9-11-26(24)33)30(37)20-36(28-12-7-8-13-29(28)41-5)42(39,40)23-16-14-22(4)15-17-23/h7-17,21,27H,6,18-20H2,1-5H3,(H,34,38)/t27-/m1/s1. The van der Waals surface area contributed by atoms with Crippen LogP contribution in [0.25, 0.3) is 0 Å². The number of hydrogen-bond acceptors (Lipinski definition) is 5. The highest BCUT2D eigenvalue weighted by atomic mass is 35.5. The molecule has 1 N–H and O–H groups in total. The Hall–Kier alpha value is -3.27. The van der Waals surface area contributed by atoms with Crippen molar-refractivity contribution < 1.29 is 22.7 Å². The van der Waals surface area contributed by atoms with Gasteiger partial charge in [-0.15, -0.1) is 0 Å². The van der Waals surface area contributed by atoms with Gasteiger partial charge in [-0.1, -0.05) is 79.9 Å². The predicted molar refractivity (Wildman–Crippen MR) is 168 cm³/mol. The number of aryl methyl sites for hydroxylation is 1. The van der Waals surface area contributed by atoms with Crippen LogP contribution in [0.15, 0.2) is 71.6 Å². The molecule has 0 unspecified atom stereocenters. The zero-order valence-electron chi connectivity index (χ0n) is 24.4. The molecule has 226 valence electrons. The first-order valence-electron chi connectivity index (χ1n) is 13.6. The Balaban J connectivity index is 2.12. The minimum atomic E-state index is -4.24. The van der Waals surface area contributed by atoms with E-state index in [4.69, 9.17) is 27.9 Å². The number of ether oxygens (including phenoxy) is 1. The van der Waals surface area contributed by atoms with E-state index in [0.29, 0.717) is 22.2 Å². The highest BCUT2D eigenvalue weighted by Gasteiger charge is 2.35. The number of sulfonamides is 1. The maximum Gasteiger partial charge on any atom is 0.264 e. The molecule has 0 fully saturated rings. The second-order valence-electron chi connectivity index (χ2n) is 10.3. The number of benzene rings is 3. The van der Waals surface area contributed by atoms with Crippen LogP contribution >= 0.6 is 23.2 Å². The molecular weight excluding hydrogens is 597 g/mol. The average molecular weight is 635 g/mol. The van der Waals surface area contributed by atoms with Gasteiger partial charge in [-0.05, 0) is 55.7 Å². The summed E-state index contributed by atoms with van der Waals surface area (Å²) in [7, 11) is -2.82. The molecular formula is C31H37Cl2N3O5S. The lowest BCUT2D eigenvalue weighted by molar-refractivity contribution is -0.140. The summed E-state index contributed by atoms with van der Waals surface area (Å²) < 4.78 is 34.6. The van der Waals surface area contributed by atoms with Crippen molar-refractivity contribution in [3.8, 4) is 5.75 Å². The summed E-state index contributed by atoms with van der Waals surface area (Å²) in [5, 5.41) is 3.55. The molecule has 3 rings (SSSR count). The number of amides is 2. The van der Waals surface area contributed by atoms with Gasteiger partial charge in [0, 0.05) is 28.7 Å². The maximum atomic E-state index is 14.2. The van der Waals surface area contributed by atoms with Crippen molar-refractivity contribution in [3.05, 3.63) is 87.9 Å². The summed E-state index contributed by atoms with van der Waals surface area (Å²) in [5.41, 5.74) is 1.52. The predicted octanol–water partition coefficient (Wildman–Crippen LogP) is 6.09. The number of methoxy groups -OCH3 is 1. The van der Waals surface area contributed by atoms with E-state index in [2.05, 4.69) is 5.32 Å². The molecule has 42 heavy (non-hydrogen) atoms. The fourth-order valence-electron chi connectivity index (χ4n) is 4.38. The Kier molecular flexibility index (Phi) is 11.7. The van der Waals surface area contributed by atoms with Crippen LogP contribution in [0.2, 0.25) is 10.0 Å². The SMILES string of the molecule is CC[C@H](C(=O)NCC(C)C)N(Cc1c(Cl)cccc1Cl)C(=O)CN(c1ccccc1OC)S(=O)(=O)c1ccc(C)cc1. The molecule has 8 nitrogen and oxygen atoms in total. The van der Waals surface area contributed by atoms with Gasteiger partial charge < -0.3 is 15.0 Å². The third-order valence-electron chi connectivity index (χ3n) is 6.70. The van der Waals surface area contributed by atoms with Gasteiger partial charge in [0.05, 0.1) is 17.7 Å². The lowest BCUT2D eigenvalue weighted by atomic mass is 10.1. The minimum absolute atomic E-state index is 0.00854. The number of nitrogens with zero attached hydrogens (tertiary/aromatic N) is 2. The molecule has 0 aromatic heterocycles. The number of carbonyl (C=O) groups is 2. The molecule has 0 saturated carbocycles. The lowest BCUT2D eigenvalue weighted by Gasteiger charge is -2.34. The van der Waals surface area contributed by atoms with Crippen molar-refractivity contribution in [2.24, 2.45) is 5.92 Å². The van der Waals surface area contributed by atoms with Crippen molar-refractivity contribution in [1.82, 2.24) is 10.2 Å². The van der Waals surface area contributed by atoms with Crippen molar-refractivity contribution in [2.75, 3.05) is 24.5 Å². The van der Waals surface area contributed by atoms with Crippen LogP contribution in [0.3, 0.4) is 0 Å². The normalized spacial score (nSPS) is 12.1. The van der Waals surface area contributed by atoms with E-state index in [1.165, 1.54) is 24.1 Å². The van der Waals surface area contributed by atoms with Crippen LogP contribution in [0.1, 0.15) is 38.3 Å². The number of rotatable bonds is 13. The van der Waals surface area contributed by atoms with Crippen molar-refractivity contribution in [2.45, 2.75) is 51.6 Å². The van der Waals surface area contributed by atoms with E-state index >= 15 is 0 Å². The number of anilines is 1. The first-order valence-corrected chi connectivity index (χ1v) is 15.8. The molecule has 1 atom stereocenters. The second-order valence-corrected chi connectivity index (χ2v) is 13.0. The zero-order chi connectivity index (χ0) is 31.0. The van der Waals surface area contributed by atoms with E-state index in [9.17, 15) is 18.0 Å². The molecule has 0 aliphatic carbocycles. The first kappa shape index (κ1) is 33.2. The molecule has 0 bridgehead atoms. The smallest absolute Gasteiger partial charge is 0.264 e. The molecule has 0 heterocycles. The number of halogens is 2. The molecule has 0 saturated heterocycles. The maximum absolute atomic E-state index is 14.2. The van der Waals surface area contributed by atoms with E-state index < -0.39 is 28.5 Å². The van der Waals surface area contributed by atoms with Crippen molar-refractivity contribution in [3.63, 3.8) is 0 Å². The largest absolute Gasteiger partial charge is 0.495 e. The highest BCUT2D eigenvalue weighted by molar-refractivity contribution is 7.92. The van der Waals surface area contributed by atoms with Gasteiger partial charge in [0.2, 0.25) is 11.8 Å². The summed E-state index contributed by atoms with van der Waals surface area (Å²) in [6.45, 7) is 7.28. The van der Waals surface area contributed by atoms with Gasteiger partial charge in [0.25, 0.3) is 10.0 Å². The minimum Gasteiger partial charge on any atom is -0.495 e. The lowest BCUT2D eigenvalue weighted by Crippen LogP contribution is -2.52. The van der Waals surface area contributed by atoms with Gasteiger partial charge in [0.15, 0.2) is 0 Å². The van der Waals surface area contributed by atoms with E-state index in [-0.39, 0.29) is 41.1 Å². The quantitative estimate of drug-likeness (QED) is 0.246. The average Bonchev–Trinajstić information content (AvgIpc) is 2.96. The Morgan fingerprint density at radius 1 is 0.952 bits per heavy atom. The van der Waals surface area contributed by atoms with Crippen LogP contribution in [0.4, 0.5) is 5.69 Å². The van der Waals surface area contributed by atoms with Crippen molar-refractivity contribution in [1.29, 1.82) is 0 Å². The Bertz CT molecular complexity index is 1480. The summed E-state index contributed by atoms with van der Waals surface area (Å²) in [4.78, 5) is 29.0. The van der Waals surface area contributed by atoms with E-state index in [0.717, 1.165) is 9.87 Å². The van der Waals surface area contributed by atoms with Crippen LogP contribution in [-0.2, 0) is 26.2 Å². The zero-order valence-corrected chi connectivity index (χ0v) is 26.8. The van der Waals surface area contributed by atoms with E-state index in [1.807, 2.05) is 20.8 Å². The molecule has 0 spiro atoms. The summed E-state index contributed by atoms with van der Waals surface area (Å²) >= 11 is 12.9. The molecule has 2 amide bonds. The molecule has 3 aromatic carbocycles. The van der Waals surface area contributed by atoms with Gasteiger partial charge in [-0.2, -0.15) is 0 Å². The summed E-state index contributed by atoms with van der Waals surface area (Å²) in [6.07, 6.45) is 0.275. The second kappa shape index (κ2) is 14.8. The Morgan fingerprint density at radius 3 is 2.14 bits per heavy atom. The molecule has 0 radical (unpaired) electrons.